The van der Waals surface area contributed by atoms with E-state index in [0.717, 1.165) is 46.1 Å². The molecule has 0 aromatic heterocycles. The SMILES string of the molecule is CC1=CC=C2NC3=C(C=C(c4ccc(OCc5ccccc5)cc4)CN3C)C2C1=O. The lowest BCUT2D eigenvalue weighted by Gasteiger charge is -2.27. The van der Waals surface area contributed by atoms with Gasteiger partial charge >= 0.3 is 0 Å². The van der Waals surface area contributed by atoms with Crippen LogP contribution in [-0.2, 0) is 11.4 Å². The van der Waals surface area contributed by atoms with E-state index < -0.39 is 0 Å². The highest BCUT2D eigenvalue weighted by atomic mass is 16.5. The molecular weight excluding hydrogens is 372 g/mol. The molecule has 150 valence electrons. The first-order chi connectivity index (χ1) is 14.6. The zero-order valence-corrected chi connectivity index (χ0v) is 17.2. The molecule has 2 heterocycles. The smallest absolute Gasteiger partial charge is 0.172 e. The number of benzene rings is 2. The molecule has 0 radical (unpaired) electrons. The maximum absolute atomic E-state index is 12.8. The van der Waals surface area contributed by atoms with Crippen LogP contribution in [0.5, 0.6) is 5.75 Å². The molecule has 0 fully saturated rings. The van der Waals surface area contributed by atoms with Gasteiger partial charge in [0.1, 0.15) is 18.2 Å². The minimum Gasteiger partial charge on any atom is -0.489 e. The fourth-order valence-electron chi connectivity index (χ4n) is 4.25. The first-order valence-corrected chi connectivity index (χ1v) is 10.2. The number of carbonyl (C=O) groups excluding carboxylic acids is 1. The predicted octanol–water partition coefficient (Wildman–Crippen LogP) is 4.44. The molecule has 0 amide bonds. The fraction of sp³-hybridized carbons (Fsp3) is 0.192. The molecule has 1 unspecified atom stereocenters. The molecule has 1 atom stereocenters. The van der Waals surface area contributed by atoms with Crippen LogP contribution < -0.4 is 10.1 Å². The van der Waals surface area contributed by atoms with Gasteiger partial charge in [0.15, 0.2) is 5.78 Å². The van der Waals surface area contributed by atoms with Crippen LogP contribution in [0.2, 0.25) is 0 Å². The summed E-state index contributed by atoms with van der Waals surface area (Å²) in [6, 6.07) is 18.4. The number of nitrogens with zero attached hydrogens (tertiary/aromatic N) is 1. The highest BCUT2D eigenvalue weighted by molar-refractivity contribution is 6.03. The Labute approximate surface area is 176 Å². The van der Waals surface area contributed by atoms with Gasteiger partial charge in [-0.1, -0.05) is 48.5 Å². The van der Waals surface area contributed by atoms with Gasteiger partial charge in [-0.2, -0.15) is 0 Å². The molecule has 4 nitrogen and oxygen atoms in total. The normalized spacial score (nSPS) is 20.1. The van der Waals surface area contributed by atoms with Crippen molar-refractivity contribution in [2.45, 2.75) is 13.5 Å². The first-order valence-electron chi connectivity index (χ1n) is 10.2. The fourth-order valence-corrected chi connectivity index (χ4v) is 4.25. The number of rotatable bonds is 4. The Morgan fingerprint density at radius 1 is 1.07 bits per heavy atom. The van der Waals surface area contributed by atoms with Gasteiger partial charge in [0.2, 0.25) is 0 Å². The monoisotopic (exact) mass is 396 g/mol. The molecule has 3 aliphatic rings. The van der Waals surface area contributed by atoms with Gasteiger partial charge in [0.05, 0.1) is 5.92 Å². The molecule has 4 heteroatoms. The van der Waals surface area contributed by atoms with Crippen molar-refractivity contribution in [3.63, 3.8) is 0 Å². The van der Waals surface area contributed by atoms with E-state index in [9.17, 15) is 4.79 Å². The number of fused-ring (bicyclic) bond motifs is 2. The van der Waals surface area contributed by atoms with Crippen molar-refractivity contribution >= 4 is 11.4 Å². The number of hydrogen-bond acceptors (Lipinski definition) is 4. The number of allylic oxidation sites excluding steroid dienone is 5. The minimum atomic E-state index is -0.212. The number of hydrogen-bond donors (Lipinski definition) is 1. The van der Waals surface area contributed by atoms with Crippen molar-refractivity contribution in [1.82, 2.24) is 10.2 Å². The summed E-state index contributed by atoms with van der Waals surface area (Å²) < 4.78 is 5.91. The Balaban J connectivity index is 1.37. The van der Waals surface area contributed by atoms with Crippen LogP contribution in [0.4, 0.5) is 0 Å². The van der Waals surface area contributed by atoms with Crippen molar-refractivity contribution in [3.05, 3.63) is 107 Å². The Morgan fingerprint density at radius 2 is 1.83 bits per heavy atom. The second-order valence-corrected chi connectivity index (χ2v) is 8.02. The van der Waals surface area contributed by atoms with Crippen LogP contribution >= 0.6 is 0 Å². The Bertz CT molecular complexity index is 1120. The summed E-state index contributed by atoms with van der Waals surface area (Å²) in [5.74, 6) is 1.86. The highest BCUT2D eigenvalue weighted by Crippen LogP contribution is 2.40. The average Bonchev–Trinajstić information content (AvgIpc) is 3.16. The summed E-state index contributed by atoms with van der Waals surface area (Å²) in [6.07, 6.45) is 6.11. The van der Waals surface area contributed by atoms with E-state index in [1.807, 2.05) is 49.4 Å². The minimum absolute atomic E-state index is 0.181. The maximum atomic E-state index is 12.8. The van der Waals surface area contributed by atoms with Gasteiger partial charge in [0, 0.05) is 24.9 Å². The number of ketones is 1. The third kappa shape index (κ3) is 3.24. The standard InChI is InChI=1S/C26H24N2O2/c1-17-8-13-23-24(25(17)29)22-14-20(15-28(2)26(22)27-23)19-9-11-21(12-10-19)30-16-18-6-4-3-5-7-18/h3-14,24,27H,15-16H2,1-2H3. The van der Waals surface area contributed by atoms with E-state index in [-0.39, 0.29) is 11.7 Å². The van der Waals surface area contributed by atoms with Crippen molar-refractivity contribution in [3.8, 4) is 5.75 Å². The van der Waals surface area contributed by atoms with E-state index in [2.05, 4.69) is 47.6 Å². The molecule has 30 heavy (non-hydrogen) atoms. The number of nitrogens with one attached hydrogen (secondary N) is 1. The van der Waals surface area contributed by atoms with Crippen LogP contribution in [-0.4, -0.2) is 24.3 Å². The summed E-state index contributed by atoms with van der Waals surface area (Å²) in [5, 5.41) is 3.45. The van der Waals surface area contributed by atoms with Gasteiger partial charge in [-0.25, -0.2) is 0 Å². The number of carbonyl (C=O) groups is 1. The highest BCUT2D eigenvalue weighted by Gasteiger charge is 2.39. The van der Waals surface area contributed by atoms with Gasteiger partial charge < -0.3 is 15.0 Å². The quantitative estimate of drug-likeness (QED) is 0.830. The van der Waals surface area contributed by atoms with Crippen LogP contribution in [0.3, 0.4) is 0 Å². The van der Waals surface area contributed by atoms with Crippen LogP contribution in [0.1, 0.15) is 18.1 Å². The molecule has 5 rings (SSSR count). The zero-order chi connectivity index (χ0) is 20.7. The lowest BCUT2D eigenvalue weighted by molar-refractivity contribution is -0.117. The van der Waals surface area contributed by atoms with Gasteiger partial charge in [-0.05, 0) is 53.5 Å². The lowest BCUT2D eigenvalue weighted by Crippen LogP contribution is -2.29. The Morgan fingerprint density at radius 3 is 2.60 bits per heavy atom. The molecule has 0 bridgehead atoms. The average molecular weight is 396 g/mol. The predicted molar refractivity (Wildman–Crippen MR) is 118 cm³/mol. The maximum Gasteiger partial charge on any atom is 0.172 e. The topological polar surface area (TPSA) is 41.6 Å². The molecule has 1 N–H and O–H groups in total. The molecule has 0 saturated carbocycles. The second-order valence-electron chi connectivity index (χ2n) is 8.02. The summed E-state index contributed by atoms with van der Waals surface area (Å²) in [5.41, 5.74) is 6.35. The Kier molecular flexibility index (Phi) is 4.55. The Hall–Kier alpha value is -3.53. The third-order valence-electron chi connectivity index (χ3n) is 5.91. The molecule has 0 saturated heterocycles. The molecule has 2 aromatic rings. The summed E-state index contributed by atoms with van der Waals surface area (Å²) in [4.78, 5) is 15.0. The third-order valence-corrected chi connectivity index (χ3v) is 5.91. The molecule has 0 spiro atoms. The van der Waals surface area contributed by atoms with E-state index in [1.54, 1.807) is 0 Å². The summed E-state index contributed by atoms with van der Waals surface area (Å²) >= 11 is 0. The molecular formula is C26H24N2O2. The van der Waals surface area contributed by atoms with E-state index in [0.29, 0.717) is 6.61 Å². The second kappa shape index (κ2) is 7.38. The van der Waals surface area contributed by atoms with Crippen molar-refractivity contribution < 1.29 is 9.53 Å². The molecule has 2 aromatic carbocycles. The van der Waals surface area contributed by atoms with Crippen molar-refractivity contribution in [2.24, 2.45) is 5.92 Å². The largest absolute Gasteiger partial charge is 0.489 e. The van der Waals surface area contributed by atoms with Gasteiger partial charge in [-0.3, -0.25) is 4.79 Å². The van der Waals surface area contributed by atoms with Crippen molar-refractivity contribution in [2.75, 3.05) is 13.6 Å². The number of ether oxygens (including phenoxy) is 1. The number of Topliss-reactive ketones (excluding diaryl/α,β-unsaturated/α-hetero) is 1. The summed E-state index contributed by atoms with van der Waals surface area (Å²) in [7, 11) is 2.06. The first kappa shape index (κ1) is 18.5. The number of likely N-dealkylation sites (N-methyl/N-ethyl adjacent to an activating group) is 1. The molecule has 2 aliphatic heterocycles. The van der Waals surface area contributed by atoms with Crippen molar-refractivity contribution in [1.29, 1.82) is 0 Å². The lowest BCUT2D eigenvalue weighted by atomic mass is 9.84. The van der Waals surface area contributed by atoms with Crippen LogP contribution in [0.25, 0.3) is 5.57 Å². The van der Waals surface area contributed by atoms with E-state index >= 15 is 0 Å². The van der Waals surface area contributed by atoms with E-state index in [1.165, 1.54) is 5.57 Å². The molecule has 1 aliphatic carbocycles. The van der Waals surface area contributed by atoms with E-state index in [4.69, 9.17) is 4.74 Å². The van der Waals surface area contributed by atoms with Crippen LogP contribution in [0.15, 0.2) is 95.5 Å². The van der Waals surface area contributed by atoms with Gasteiger partial charge in [-0.15, -0.1) is 0 Å². The zero-order valence-electron chi connectivity index (χ0n) is 17.2. The summed E-state index contributed by atoms with van der Waals surface area (Å²) in [6.45, 7) is 3.23. The van der Waals surface area contributed by atoms with Crippen LogP contribution in [0, 0.1) is 5.92 Å². The van der Waals surface area contributed by atoms with Gasteiger partial charge in [0.25, 0.3) is 0 Å².